The van der Waals surface area contributed by atoms with Crippen molar-refractivity contribution in [2.45, 2.75) is 63.2 Å². The Hall–Kier alpha value is -1.85. The first kappa shape index (κ1) is 24.2. The lowest BCUT2D eigenvalue weighted by Gasteiger charge is -2.29. The lowest BCUT2D eigenvalue weighted by molar-refractivity contribution is -0.144. The topological polar surface area (TPSA) is 168 Å². The molecule has 0 aliphatic carbocycles. The summed E-state index contributed by atoms with van der Waals surface area (Å²) in [5.74, 6) is -2.52. The quantitative estimate of drug-likeness (QED) is 0.174. The minimum Gasteiger partial charge on any atom is -0.480 e. The number of unbranched alkanes of at least 4 members (excludes halogenated alkanes) is 1. The van der Waals surface area contributed by atoms with Crippen molar-refractivity contribution in [2.75, 3.05) is 18.8 Å². The average molecular weight is 418 g/mol. The molecule has 0 spiro atoms. The van der Waals surface area contributed by atoms with Gasteiger partial charge in [0.25, 0.3) is 0 Å². The van der Waals surface area contributed by atoms with Crippen LogP contribution in [-0.4, -0.2) is 76.7 Å². The molecule has 0 aromatic rings. The van der Waals surface area contributed by atoms with Crippen molar-refractivity contribution in [3.8, 4) is 0 Å². The second-order valence-corrected chi connectivity index (χ2v) is 7.26. The van der Waals surface area contributed by atoms with E-state index in [0.717, 1.165) is 6.42 Å². The van der Waals surface area contributed by atoms with E-state index in [1.165, 1.54) is 11.8 Å². The van der Waals surface area contributed by atoms with E-state index in [1.54, 1.807) is 0 Å². The fraction of sp³-hybridized carbons (Fsp3) is 0.765. The second-order valence-electron chi connectivity index (χ2n) is 6.89. The monoisotopic (exact) mass is 417 g/mol. The van der Waals surface area contributed by atoms with E-state index >= 15 is 0 Å². The zero-order valence-electron chi connectivity index (χ0n) is 16.1. The predicted octanol–water partition coefficient (Wildman–Crippen LogP) is -1.56. The lowest BCUT2D eigenvalue weighted by Crippen LogP contribution is -2.57. The van der Waals surface area contributed by atoms with Gasteiger partial charge in [-0.2, -0.15) is 12.6 Å². The first-order valence-corrected chi connectivity index (χ1v) is 10.1. The minimum absolute atomic E-state index is 0.0520. The molecule has 160 valence electrons. The van der Waals surface area contributed by atoms with E-state index < -0.39 is 47.9 Å². The van der Waals surface area contributed by atoms with E-state index in [4.69, 9.17) is 16.6 Å². The highest BCUT2D eigenvalue weighted by molar-refractivity contribution is 7.80. The van der Waals surface area contributed by atoms with E-state index in [9.17, 15) is 19.2 Å². The number of carbonyl (C=O) groups excluding carboxylic acids is 3. The molecule has 10 nitrogen and oxygen atoms in total. The number of likely N-dealkylation sites (tertiary alicyclic amines) is 1. The van der Waals surface area contributed by atoms with E-state index in [0.29, 0.717) is 38.8 Å². The number of nitrogens with one attached hydrogen (secondary N) is 2. The van der Waals surface area contributed by atoms with Crippen LogP contribution in [0.25, 0.3) is 0 Å². The zero-order chi connectivity index (χ0) is 21.3. The maximum absolute atomic E-state index is 12.8. The van der Waals surface area contributed by atoms with Gasteiger partial charge in [0.2, 0.25) is 17.7 Å². The second kappa shape index (κ2) is 11.9. The molecule has 1 saturated heterocycles. The van der Waals surface area contributed by atoms with Crippen LogP contribution in [0.3, 0.4) is 0 Å². The van der Waals surface area contributed by atoms with Crippen LogP contribution in [0, 0.1) is 0 Å². The molecule has 0 saturated carbocycles. The van der Waals surface area contributed by atoms with Crippen LogP contribution in [0.1, 0.15) is 39.0 Å². The average Bonchev–Trinajstić information content (AvgIpc) is 3.15. The number of hydrogen-bond acceptors (Lipinski definition) is 7. The highest BCUT2D eigenvalue weighted by Gasteiger charge is 2.38. The number of aliphatic carboxylic acids is 1. The Kier molecular flexibility index (Phi) is 10.3. The Morgan fingerprint density at radius 1 is 1.25 bits per heavy atom. The predicted molar refractivity (Wildman–Crippen MR) is 107 cm³/mol. The molecular weight excluding hydrogens is 386 g/mol. The molecule has 1 rings (SSSR count). The van der Waals surface area contributed by atoms with Crippen molar-refractivity contribution in [1.82, 2.24) is 15.5 Å². The van der Waals surface area contributed by atoms with Gasteiger partial charge in [-0.05, 0) is 39.2 Å². The summed E-state index contributed by atoms with van der Waals surface area (Å²) in [5.41, 5.74) is 11.3. The molecule has 1 heterocycles. The fourth-order valence-corrected chi connectivity index (χ4v) is 3.23. The van der Waals surface area contributed by atoms with Gasteiger partial charge in [0.15, 0.2) is 0 Å². The molecule has 4 atom stereocenters. The number of carbonyl (C=O) groups is 4. The Morgan fingerprint density at radius 3 is 2.50 bits per heavy atom. The minimum atomic E-state index is -1.16. The molecule has 1 fully saturated rings. The third-order valence-electron chi connectivity index (χ3n) is 4.67. The molecule has 0 radical (unpaired) electrons. The fourth-order valence-electron chi connectivity index (χ4n) is 2.98. The lowest BCUT2D eigenvalue weighted by atomic mass is 10.1. The normalized spacial score (nSPS) is 19.6. The molecule has 1 aliphatic rings. The van der Waals surface area contributed by atoms with Crippen LogP contribution in [0.4, 0.5) is 0 Å². The van der Waals surface area contributed by atoms with Crippen molar-refractivity contribution >= 4 is 36.3 Å². The maximum Gasteiger partial charge on any atom is 0.325 e. The molecular formula is C17H31N5O5S. The van der Waals surface area contributed by atoms with Gasteiger partial charge in [-0.3, -0.25) is 19.2 Å². The summed E-state index contributed by atoms with van der Waals surface area (Å²) >= 11 is 4.14. The van der Waals surface area contributed by atoms with E-state index in [1.807, 2.05) is 0 Å². The molecule has 3 amide bonds. The summed E-state index contributed by atoms with van der Waals surface area (Å²) in [6, 6.07) is -3.50. The maximum atomic E-state index is 12.8. The summed E-state index contributed by atoms with van der Waals surface area (Å²) in [7, 11) is 0. The third kappa shape index (κ3) is 6.95. The van der Waals surface area contributed by atoms with Crippen molar-refractivity contribution < 1.29 is 24.3 Å². The summed E-state index contributed by atoms with van der Waals surface area (Å²) in [6.45, 7) is 2.22. The molecule has 1 aliphatic heterocycles. The van der Waals surface area contributed by atoms with E-state index in [2.05, 4.69) is 23.3 Å². The smallest absolute Gasteiger partial charge is 0.325 e. The number of carboxylic acid groups (broad SMARTS) is 1. The number of nitrogens with two attached hydrogens (primary N) is 2. The first-order chi connectivity index (χ1) is 13.2. The van der Waals surface area contributed by atoms with Crippen LogP contribution >= 0.6 is 12.6 Å². The van der Waals surface area contributed by atoms with Gasteiger partial charge >= 0.3 is 5.97 Å². The van der Waals surface area contributed by atoms with Gasteiger partial charge < -0.3 is 32.1 Å². The van der Waals surface area contributed by atoms with Crippen LogP contribution in [-0.2, 0) is 19.2 Å². The number of nitrogens with zero attached hydrogens (tertiary/aromatic N) is 1. The Morgan fingerprint density at radius 2 is 1.93 bits per heavy atom. The van der Waals surface area contributed by atoms with Gasteiger partial charge in [0, 0.05) is 12.3 Å². The van der Waals surface area contributed by atoms with Crippen LogP contribution in [0.15, 0.2) is 0 Å². The van der Waals surface area contributed by atoms with Crippen LogP contribution in [0.5, 0.6) is 0 Å². The molecule has 0 aromatic heterocycles. The number of amides is 3. The van der Waals surface area contributed by atoms with Gasteiger partial charge in [0.1, 0.15) is 18.1 Å². The highest BCUT2D eigenvalue weighted by Crippen LogP contribution is 2.19. The van der Waals surface area contributed by atoms with Gasteiger partial charge in [-0.15, -0.1) is 0 Å². The Labute approximate surface area is 170 Å². The summed E-state index contributed by atoms with van der Waals surface area (Å²) in [4.78, 5) is 49.7. The molecule has 0 bridgehead atoms. The van der Waals surface area contributed by atoms with E-state index in [-0.39, 0.29) is 5.75 Å². The summed E-state index contributed by atoms with van der Waals surface area (Å²) in [5, 5.41) is 13.9. The number of hydrogen-bond donors (Lipinski definition) is 6. The zero-order valence-corrected chi connectivity index (χ0v) is 17.0. The van der Waals surface area contributed by atoms with Gasteiger partial charge in [-0.1, -0.05) is 6.42 Å². The van der Waals surface area contributed by atoms with Crippen LogP contribution in [0.2, 0.25) is 0 Å². The highest BCUT2D eigenvalue weighted by atomic mass is 32.1. The summed E-state index contributed by atoms with van der Waals surface area (Å²) < 4.78 is 0. The molecule has 4 unspecified atom stereocenters. The molecule has 0 aromatic carbocycles. The Balaban J connectivity index is 2.70. The van der Waals surface area contributed by atoms with Gasteiger partial charge in [0.05, 0.1) is 6.04 Å². The summed E-state index contributed by atoms with van der Waals surface area (Å²) in [6.07, 6.45) is 2.96. The number of carboxylic acids is 1. The SMILES string of the molecule is CC(NC(=O)C1CCCN1C(=O)C(CS)NC(=O)C(N)CCCCN)C(=O)O. The molecule has 11 heteroatoms. The largest absolute Gasteiger partial charge is 0.480 e. The third-order valence-corrected chi connectivity index (χ3v) is 5.04. The van der Waals surface area contributed by atoms with Crippen molar-refractivity contribution in [2.24, 2.45) is 11.5 Å². The number of thiol groups is 1. The molecule has 28 heavy (non-hydrogen) atoms. The molecule has 7 N–H and O–H groups in total. The number of rotatable bonds is 11. The Bertz CT molecular complexity index is 576. The van der Waals surface area contributed by atoms with Crippen molar-refractivity contribution in [1.29, 1.82) is 0 Å². The van der Waals surface area contributed by atoms with Gasteiger partial charge in [-0.25, -0.2) is 0 Å². The van der Waals surface area contributed by atoms with Crippen molar-refractivity contribution in [3.05, 3.63) is 0 Å². The van der Waals surface area contributed by atoms with Crippen molar-refractivity contribution in [3.63, 3.8) is 0 Å². The first-order valence-electron chi connectivity index (χ1n) is 9.43. The van der Waals surface area contributed by atoms with Crippen LogP contribution < -0.4 is 22.1 Å². The standard InChI is InChI=1S/C17H31N5O5S/c1-10(17(26)27)20-15(24)13-6-4-8-22(13)16(25)12(9-28)21-14(23)11(19)5-2-3-7-18/h10-13,28H,2-9,18-19H2,1H3,(H,20,24)(H,21,23)(H,26,27).